The lowest BCUT2D eigenvalue weighted by Crippen LogP contribution is -2.09. The predicted molar refractivity (Wildman–Crippen MR) is 85.3 cm³/mol. The molecule has 0 atom stereocenters. The van der Waals surface area contributed by atoms with Crippen molar-refractivity contribution in [2.45, 2.75) is 6.92 Å². The van der Waals surface area contributed by atoms with E-state index in [1.165, 1.54) is 18.3 Å². The quantitative estimate of drug-likeness (QED) is 0.741. The van der Waals surface area contributed by atoms with Crippen molar-refractivity contribution in [2.24, 2.45) is 0 Å². The fraction of sp³-hybridized carbons (Fsp3) is 0.125. The highest BCUT2D eigenvalue weighted by Crippen LogP contribution is 2.26. The van der Waals surface area contributed by atoms with Crippen molar-refractivity contribution in [2.75, 3.05) is 6.61 Å². The highest BCUT2D eigenvalue weighted by molar-refractivity contribution is 7.21. The molecule has 3 aromatic rings. The third kappa shape index (κ3) is 3.01. The zero-order valence-electron chi connectivity index (χ0n) is 11.8. The topological polar surface area (TPSA) is 69.2 Å². The van der Waals surface area contributed by atoms with Crippen LogP contribution in [0.2, 0.25) is 0 Å². The molecule has 0 aliphatic rings. The first kappa shape index (κ1) is 14.3. The molecule has 0 bridgehead atoms. The summed E-state index contributed by atoms with van der Waals surface area (Å²) in [7, 11) is 0. The van der Waals surface area contributed by atoms with Gasteiger partial charge in [0.25, 0.3) is 5.56 Å². The van der Waals surface area contributed by atoms with E-state index in [0.29, 0.717) is 21.8 Å². The van der Waals surface area contributed by atoms with Crippen LogP contribution in [-0.4, -0.2) is 22.4 Å². The number of rotatable bonds is 4. The number of aromatic nitrogens is 2. The Bertz CT molecular complexity index is 891. The van der Waals surface area contributed by atoms with Crippen LogP contribution in [0, 0.1) is 0 Å². The zero-order valence-corrected chi connectivity index (χ0v) is 12.6. The van der Waals surface area contributed by atoms with Gasteiger partial charge in [0, 0.05) is 10.9 Å². The molecule has 2 heterocycles. The summed E-state index contributed by atoms with van der Waals surface area (Å²) < 4.78 is 6.12. The van der Waals surface area contributed by atoms with Crippen molar-refractivity contribution in [1.29, 1.82) is 0 Å². The number of carbonyl (C=O) groups is 1. The molecule has 0 radical (unpaired) electrons. The van der Waals surface area contributed by atoms with E-state index in [9.17, 15) is 9.59 Å². The summed E-state index contributed by atoms with van der Waals surface area (Å²) in [5.41, 5.74) is 0.339. The Morgan fingerprint density at radius 1 is 1.27 bits per heavy atom. The lowest BCUT2D eigenvalue weighted by atomic mass is 10.2. The lowest BCUT2D eigenvalue weighted by molar-refractivity contribution is -0.118. The number of Topliss-reactive ketones (excluding diaryl/α,β-unsaturated/α-hetero) is 1. The highest BCUT2D eigenvalue weighted by atomic mass is 32.1. The van der Waals surface area contributed by atoms with Gasteiger partial charge in [0.2, 0.25) is 0 Å². The van der Waals surface area contributed by atoms with Crippen molar-refractivity contribution in [3.05, 3.63) is 52.9 Å². The molecule has 1 aromatic carbocycles. The molecule has 0 amide bonds. The second kappa shape index (κ2) is 6.03. The number of pyridine rings is 1. The van der Waals surface area contributed by atoms with E-state index < -0.39 is 0 Å². The zero-order chi connectivity index (χ0) is 15.5. The molecule has 0 N–H and O–H groups in total. The number of carbonyl (C=O) groups excluding carboxylic acids is 1. The number of hydrogen-bond donors (Lipinski definition) is 0. The molecule has 0 aliphatic carbocycles. The van der Waals surface area contributed by atoms with Gasteiger partial charge in [-0.15, -0.1) is 11.3 Å². The van der Waals surface area contributed by atoms with Crippen LogP contribution in [0.25, 0.3) is 20.8 Å². The van der Waals surface area contributed by atoms with Crippen molar-refractivity contribution < 1.29 is 9.53 Å². The molecule has 0 aliphatic heterocycles. The Hall–Kier alpha value is -2.60. The third-order valence-corrected chi connectivity index (χ3v) is 3.99. The average molecular weight is 312 g/mol. The normalized spacial score (nSPS) is 10.6. The molecule has 0 spiro atoms. The fourth-order valence-electron chi connectivity index (χ4n) is 1.92. The number of benzene rings is 1. The van der Waals surface area contributed by atoms with Gasteiger partial charge in [0.1, 0.15) is 17.4 Å². The summed E-state index contributed by atoms with van der Waals surface area (Å²) in [6, 6.07) is 10.6. The van der Waals surface area contributed by atoms with Gasteiger partial charge in [0.15, 0.2) is 5.78 Å². The molecule has 0 fully saturated rings. The van der Waals surface area contributed by atoms with E-state index in [0.717, 1.165) is 4.70 Å². The highest BCUT2D eigenvalue weighted by Gasteiger charge is 2.09. The maximum Gasteiger partial charge on any atom is 0.279 e. The summed E-state index contributed by atoms with van der Waals surface area (Å²) in [5.74, 6) is 0.410. The van der Waals surface area contributed by atoms with Crippen molar-refractivity contribution in [1.82, 2.24) is 9.97 Å². The lowest BCUT2D eigenvalue weighted by Gasteiger charge is -2.05. The van der Waals surface area contributed by atoms with Crippen LogP contribution in [-0.2, 0) is 4.79 Å². The number of fused-ring (bicyclic) bond motifs is 1. The Morgan fingerprint density at radius 3 is 2.86 bits per heavy atom. The van der Waals surface area contributed by atoms with E-state index in [2.05, 4.69) is 9.97 Å². The number of ether oxygens (including phenoxy) is 1. The Kier molecular flexibility index (Phi) is 3.93. The maximum absolute atomic E-state index is 12.2. The molecular weight excluding hydrogens is 300 g/mol. The van der Waals surface area contributed by atoms with Gasteiger partial charge >= 0.3 is 0 Å². The van der Waals surface area contributed by atoms with E-state index in [-0.39, 0.29) is 17.9 Å². The minimum absolute atomic E-state index is 0.0113. The second-order valence-electron chi connectivity index (χ2n) is 4.69. The van der Waals surface area contributed by atoms with E-state index >= 15 is 0 Å². The standard InChI is InChI=1S/C16H12N2O3S/c1-10(19)9-21-11-5-6-14-12(8-11)15(20)18-16(22-14)13-4-2-3-7-17-13/h2-8H,9H2,1H3. The van der Waals surface area contributed by atoms with Crippen LogP contribution in [0.5, 0.6) is 5.75 Å². The molecule has 2 aromatic heterocycles. The van der Waals surface area contributed by atoms with Crippen molar-refractivity contribution in [3.8, 4) is 16.5 Å². The van der Waals surface area contributed by atoms with E-state index in [1.54, 1.807) is 24.4 Å². The number of hydrogen-bond acceptors (Lipinski definition) is 6. The van der Waals surface area contributed by atoms with Crippen LogP contribution in [0.15, 0.2) is 47.4 Å². The molecule has 110 valence electrons. The molecule has 5 nitrogen and oxygen atoms in total. The minimum Gasteiger partial charge on any atom is -0.486 e. The first-order valence-electron chi connectivity index (χ1n) is 6.62. The van der Waals surface area contributed by atoms with E-state index in [1.807, 2.05) is 18.2 Å². The van der Waals surface area contributed by atoms with Gasteiger partial charge in [-0.1, -0.05) is 6.07 Å². The maximum atomic E-state index is 12.2. The first-order valence-corrected chi connectivity index (χ1v) is 7.44. The largest absolute Gasteiger partial charge is 0.486 e. The molecule has 22 heavy (non-hydrogen) atoms. The summed E-state index contributed by atoms with van der Waals surface area (Å²) in [6.45, 7) is 1.44. The summed E-state index contributed by atoms with van der Waals surface area (Å²) in [6.07, 6.45) is 1.66. The van der Waals surface area contributed by atoms with Gasteiger partial charge in [0.05, 0.1) is 11.1 Å². The molecule has 0 saturated heterocycles. The second-order valence-corrected chi connectivity index (χ2v) is 5.72. The average Bonchev–Trinajstić information content (AvgIpc) is 2.54. The van der Waals surface area contributed by atoms with Crippen LogP contribution >= 0.6 is 11.3 Å². The summed E-state index contributed by atoms with van der Waals surface area (Å²) in [5, 5.41) is 1.06. The Balaban J connectivity index is 2.03. The number of ketones is 1. The van der Waals surface area contributed by atoms with Gasteiger partial charge in [-0.25, -0.2) is 0 Å². The molecular formula is C16H12N2O3S. The van der Waals surface area contributed by atoms with Gasteiger partial charge in [-0.2, -0.15) is 4.98 Å². The van der Waals surface area contributed by atoms with Crippen LogP contribution in [0.4, 0.5) is 0 Å². The number of nitrogens with zero attached hydrogens (tertiary/aromatic N) is 2. The van der Waals surface area contributed by atoms with Crippen LogP contribution < -0.4 is 10.3 Å². The van der Waals surface area contributed by atoms with Gasteiger partial charge in [-0.3, -0.25) is 14.6 Å². The predicted octanol–water partition coefficient (Wildman–Crippen LogP) is 2.69. The van der Waals surface area contributed by atoms with Gasteiger partial charge < -0.3 is 4.74 Å². The SMILES string of the molecule is CC(=O)COc1ccc2sc(-c3ccccn3)nc(=O)c2c1. The Labute approximate surface area is 130 Å². The molecule has 0 saturated carbocycles. The van der Waals surface area contributed by atoms with Crippen LogP contribution in [0.3, 0.4) is 0 Å². The van der Waals surface area contributed by atoms with Crippen molar-refractivity contribution in [3.63, 3.8) is 0 Å². The Morgan fingerprint density at radius 2 is 2.14 bits per heavy atom. The molecule has 3 rings (SSSR count). The third-order valence-electron chi connectivity index (χ3n) is 2.92. The van der Waals surface area contributed by atoms with Crippen molar-refractivity contribution >= 4 is 27.2 Å². The van der Waals surface area contributed by atoms with Crippen LogP contribution in [0.1, 0.15) is 6.92 Å². The minimum atomic E-state index is -0.331. The smallest absolute Gasteiger partial charge is 0.279 e. The van der Waals surface area contributed by atoms with E-state index in [4.69, 9.17) is 4.74 Å². The summed E-state index contributed by atoms with van der Waals surface area (Å²) >= 11 is 1.39. The first-order chi connectivity index (χ1) is 10.6. The summed E-state index contributed by atoms with van der Waals surface area (Å²) in [4.78, 5) is 31.4. The monoisotopic (exact) mass is 312 g/mol. The fourth-order valence-corrected chi connectivity index (χ4v) is 2.87. The molecule has 6 heteroatoms. The molecule has 0 unspecified atom stereocenters. The van der Waals surface area contributed by atoms with Gasteiger partial charge in [-0.05, 0) is 37.3 Å².